The van der Waals surface area contributed by atoms with Crippen LogP contribution in [-0.4, -0.2) is 39.0 Å². The van der Waals surface area contributed by atoms with Crippen LogP contribution in [0.1, 0.15) is 5.56 Å². The van der Waals surface area contributed by atoms with Gasteiger partial charge >= 0.3 is 6.09 Å². The van der Waals surface area contributed by atoms with E-state index in [1.807, 2.05) is 18.3 Å². The number of nitrogens with zero attached hydrogens (tertiary/aromatic N) is 5. The van der Waals surface area contributed by atoms with E-state index >= 15 is 0 Å². The zero-order valence-electron chi connectivity index (χ0n) is 12.0. The maximum absolute atomic E-state index is 11.5. The normalized spacial score (nSPS) is 14.5. The molecule has 1 amide bonds. The van der Waals surface area contributed by atoms with Crippen LogP contribution in [0.4, 0.5) is 10.6 Å². The van der Waals surface area contributed by atoms with Crippen molar-refractivity contribution < 1.29 is 9.53 Å². The molecular weight excluding hydrogens is 318 g/mol. The number of cyclic esters (lactones) is 1. The van der Waals surface area contributed by atoms with Gasteiger partial charge in [-0.1, -0.05) is 17.7 Å². The molecule has 0 bridgehead atoms. The molecule has 7 nitrogen and oxygen atoms in total. The number of anilines is 1. The van der Waals surface area contributed by atoms with E-state index in [1.165, 1.54) is 4.90 Å². The monoisotopic (exact) mass is 329 g/mol. The predicted octanol–water partition coefficient (Wildman–Crippen LogP) is 2.48. The lowest BCUT2D eigenvalue weighted by Crippen LogP contribution is -2.24. The quantitative estimate of drug-likeness (QED) is 0.690. The molecule has 0 aromatic carbocycles. The fourth-order valence-corrected chi connectivity index (χ4v) is 2.70. The summed E-state index contributed by atoms with van der Waals surface area (Å²) in [5.41, 5.74) is 1.77. The van der Waals surface area contributed by atoms with Gasteiger partial charge in [-0.3, -0.25) is 9.58 Å². The van der Waals surface area contributed by atoms with E-state index in [0.29, 0.717) is 30.7 Å². The van der Waals surface area contributed by atoms with Crippen molar-refractivity contribution >= 4 is 34.4 Å². The molecule has 4 rings (SSSR count). The van der Waals surface area contributed by atoms with Gasteiger partial charge in [0.15, 0.2) is 0 Å². The third kappa shape index (κ3) is 2.59. The zero-order chi connectivity index (χ0) is 15.8. The van der Waals surface area contributed by atoms with Crippen molar-refractivity contribution in [2.75, 3.05) is 18.1 Å². The van der Waals surface area contributed by atoms with Crippen LogP contribution < -0.4 is 4.90 Å². The minimum Gasteiger partial charge on any atom is -0.447 e. The number of rotatable bonds is 3. The van der Waals surface area contributed by atoms with Gasteiger partial charge in [0.1, 0.15) is 17.6 Å². The molecule has 0 N–H and O–H groups in total. The van der Waals surface area contributed by atoms with Crippen molar-refractivity contribution in [1.82, 2.24) is 19.7 Å². The molecule has 0 radical (unpaired) electrons. The topological polar surface area (TPSA) is 73.1 Å². The molecular formula is C15H12ClN5O2. The number of carbonyl (C=O) groups is 1. The van der Waals surface area contributed by atoms with E-state index in [4.69, 9.17) is 16.3 Å². The zero-order valence-corrected chi connectivity index (χ0v) is 12.8. The summed E-state index contributed by atoms with van der Waals surface area (Å²) in [5.74, 6) is 0.592. The summed E-state index contributed by atoms with van der Waals surface area (Å²) in [6.45, 7) is 1.49. The summed E-state index contributed by atoms with van der Waals surface area (Å²) in [6.07, 6.45) is 4.86. The van der Waals surface area contributed by atoms with Gasteiger partial charge in [-0.25, -0.2) is 14.8 Å². The molecule has 1 aliphatic heterocycles. The smallest absolute Gasteiger partial charge is 0.415 e. The minimum atomic E-state index is -0.356. The van der Waals surface area contributed by atoms with Crippen LogP contribution in [-0.2, 0) is 11.3 Å². The second-order valence-corrected chi connectivity index (χ2v) is 5.51. The number of hydrogen-bond donors (Lipinski definition) is 0. The first-order valence-electron chi connectivity index (χ1n) is 7.07. The van der Waals surface area contributed by atoms with Crippen molar-refractivity contribution in [2.24, 2.45) is 0 Å². The molecule has 0 unspecified atom stereocenters. The molecule has 8 heteroatoms. The fraction of sp³-hybridized carbons (Fsp3) is 0.200. The van der Waals surface area contributed by atoms with Gasteiger partial charge in [0.05, 0.1) is 24.0 Å². The molecule has 4 heterocycles. The van der Waals surface area contributed by atoms with Gasteiger partial charge in [-0.2, -0.15) is 5.10 Å². The molecule has 1 aliphatic rings. The Morgan fingerprint density at radius 3 is 2.87 bits per heavy atom. The lowest BCUT2D eigenvalue weighted by molar-refractivity contribution is 0.181. The second kappa shape index (κ2) is 5.51. The summed E-state index contributed by atoms with van der Waals surface area (Å²) >= 11 is 6.05. The molecule has 116 valence electrons. The lowest BCUT2D eigenvalue weighted by Gasteiger charge is -2.11. The van der Waals surface area contributed by atoms with E-state index in [1.54, 1.807) is 23.1 Å². The Labute approximate surface area is 136 Å². The number of aromatic nitrogens is 4. The molecule has 0 aliphatic carbocycles. The molecule has 0 spiro atoms. The Balaban J connectivity index is 1.56. The first-order valence-corrected chi connectivity index (χ1v) is 7.45. The van der Waals surface area contributed by atoms with Gasteiger partial charge in [-0.05, 0) is 17.7 Å². The Hall–Kier alpha value is -2.67. The fourth-order valence-electron chi connectivity index (χ4n) is 2.50. The Morgan fingerprint density at radius 1 is 1.26 bits per heavy atom. The Bertz CT molecular complexity index is 877. The minimum absolute atomic E-state index is 0.356. The molecule has 3 aromatic rings. The summed E-state index contributed by atoms with van der Waals surface area (Å²) in [7, 11) is 0. The van der Waals surface area contributed by atoms with Crippen molar-refractivity contribution in [2.45, 2.75) is 6.54 Å². The van der Waals surface area contributed by atoms with E-state index < -0.39 is 0 Å². The van der Waals surface area contributed by atoms with E-state index in [2.05, 4.69) is 15.1 Å². The van der Waals surface area contributed by atoms with Crippen molar-refractivity contribution in [3.8, 4) is 0 Å². The van der Waals surface area contributed by atoms with Crippen LogP contribution in [0.5, 0.6) is 0 Å². The Kier molecular flexibility index (Phi) is 3.34. The van der Waals surface area contributed by atoms with Crippen LogP contribution in [0, 0.1) is 0 Å². The first kappa shape index (κ1) is 14.0. The van der Waals surface area contributed by atoms with Crippen molar-refractivity contribution in [3.05, 3.63) is 47.5 Å². The lowest BCUT2D eigenvalue weighted by atomic mass is 10.3. The molecule has 1 fully saturated rings. The summed E-state index contributed by atoms with van der Waals surface area (Å²) in [4.78, 5) is 21.4. The number of hydrogen-bond acceptors (Lipinski definition) is 5. The van der Waals surface area contributed by atoms with Crippen LogP contribution in [0.2, 0.25) is 5.15 Å². The van der Waals surface area contributed by atoms with Gasteiger partial charge in [0.25, 0.3) is 0 Å². The predicted molar refractivity (Wildman–Crippen MR) is 84.6 cm³/mol. The number of ether oxygens (including phenoxy) is 1. The molecule has 23 heavy (non-hydrogen) atoms. The maximum Gasteiger partial charge on any atom is 0.415 e. The average molecular weight is 330 g/mol. The van der Waals surface area contributed by atoms with E-state index in [9.17, 15) is 4.79 Å². The summed E-state index contributed by atoms with van der Waals surface area (Å²) in [5, 5.41) is 5.72. The van der Waals surface area contributed by atoms with Crippen molar-refractivity contribution in [3.63, 3.8) is 0 Å². The van der Waals surface area contributed by atoms with Gasteiger partial charge in [0, 0.05) is 18.6 Å². The molecule has 3 aromatic heterocycles. The highest BCUT2D eigenvalue weighted by molar-refractivity contribution is 6.34. The van der Waals surface area contributed by atoms with Gasteiger partial charge < -0.3 is 4.74 Å². The maximum atomic E-state index is 11.5. The standard InChI is InChI=1S/C15H12ClN5O2/c16-14-11-9-20(19-12(11)3-4-17-14)8-10-1-2-13(18-7-10)21-5-6-23-15(21)22/h1-4,7,9H,5-6,8H2. The summed E-state index contributed by atoms with van der Waals surface area (Å²) < 4.78 is 6.70. The Morgan fingerprint density at radius 2 is 2.17 bits per heavy atom. The summed E-state index contributed by atoms with van der Waals surface area (Å²) in [6, 6.07) is 5.54. The van der Waals surface area contributed by atoms with Crippen LogP contribution >= 0.6 is 11.6 Å². The van der Waals surface area contributed by atoms with Crippen LogP contribution in [0.3, 0.4) is 0 Å². The van der Waals surface area contributed by atoms with Crippen LogP contribution in [0.25, 0.3) is 10.9 Å². The number of fused-ring (bicyclic) bond motifs is 1. The van der Waals surface area contributed by atoms with Crippen LogP contribution in [0.15, 0.2) is 36.8 Å². The number of pyridine rings is 2. The highest BCUT2D eigenvalue weighted by Gasteiger charge is 2.24. The molecule has 0 saturated carbocycles. The number of halogens is 1. The average Bonchev–Trinajstić information content (AvgIpc) is 3.15. The van der Waals surface area contributed by atoms with E-state index in [0.717, 1.165) is 16.5 Å². The largest absolute Gasteiger partial charge is 0.447 e. The molecule has 0 atom stereocenters. The third-order valence-corrected chi connectivity index (χ3v) is 3.93. The SMILES string of the molecule is O=C1OCCN1c1ccc(Cn2cc3c(Cl)nccc3n2)cn1. The first-order chi connectivity index (χ1) is 11.2. The van der Waals surface area contributed by atoms with Gasteiger partial charge in [0.2, 0.25) is 0 Å². The van der Waals surface area contributed by atoms with Crippen molar-refractivity contribution in [1.29, 1.82) is 0 Å². The number of carbonyl (C=O) groups excluding carboxylic acids is 1. The second-order valence-electron chi connectivity index (χ2n) is 5.15. The number of amides is 1. The highest BCUT2D eigenvalue weighted by atomic mass is 35.5. The third-order valence-electron chi connectivity index (χ3n) is 3.62. The van der Waals surface area contributed by atoms with E-state index in [-0.39, 0.29) is 6.09 Å². The highest BCUT2D eigenvalue weighted by Crippen LogP contribution is 2.20. The van der Waals surface area contributed by atoms with Gasteiger partial charge in [-0.15, -0.1) is 0 Å². The molecule has 1 saturated heterocycles.